The van der Waals surface area contributed by atoms with Gasteiger partial charge in [0.25, 0.3) is 0 Å². The number of halogens is 2. The van der Waals surface area contributed by atoms with Crippen molar-refractivity contribution in [3.63, 3.8) is 0 Å². The van der Waals surface area contributed by atoms with Gasteiger partial charge in [-0.25, -0.2) is 9.78 Å². The number of anilines is 1. The number of nitrogens with zero attached hydrogens (tertiary/aromatic N) is 2. The molecule has 2 aromatic rings. The fourth-order valence-corrected chi connectivity index (χ4v) is 4.10. The van der Waals surface area contributed by atoms with Crippen LogP contribution >= 0.6 is 38.9 Å². The zero-order valence-electron chi connectivity index (χ0n) is 11.2. The van der Waals surface area contributed by atoms with Crippen molar-refractivity contribution in [1.29, 1.82) is 0 Å². The Kier molecular flexibility index (Phi) is 4.19. The van der Waals surface area contributed by atoms with Crippen molar-refractivity contribution in [1.82, 2.24) is 4.98 Å². The second kappa shape index (κ2) is 5.94. The second-order valence-corrected chi connectivity index (χ2v) is 6.85. The highest BCUT2D eigenvalue weighted by Gasteiger charge is 2.24. The number of methoxy groups -OCH3 is 1. The van der Waals surface area contributed by atoms with Gasteiger partial charge in [-0.2, -0.15) is 0 Å². The first kappa shape index (κ1) is 14.8. The molecule has 2 heterocycles. The van der Waals surface area contributed by atoms with Gasteiger partial charge in [-0.05, 0) is 23.6 Å². The minimum absolute atomic E-state index is 0.208. The molecule has 1 aromatic carbocycles. The molecule has 0 bridgehead atoms. The number of thiazole rings is 1. The van der Waals surface area contributed by atoms with Gasteiger partial charge in [-0.15, -0.1) is 0 Å². The van der Waals surface area contributed by atoms with E-state index in [1.54, 1.807) is 0 Å². The first-order valence-corrected chi connectivity index (χ1v) is 8.34. The van der Waals surface area contributed by atoms with E-state index in [0.717, 1.165) is 29.1 Å². The van der Waals surface area contributed by atoms with E-state index in [1.165, 1.54) is 29.6 Å². The number of carbonyl (C=O) groups excluding carboxylic acids is 1. The molecular formula is C14H12BrClN2O2S. The summed E-state index contributed by atoms with van der Waals surface area (Å²) in [4.78, 5) is 18.4. The molecule has 0 radical (unpaired) electrons. The van der Waals surface area contributed by atoms with Crippen LogP contribution in [0.1, 0.15) is 20.8 Å². The number of rotatable bonds is 2. The van der Waals surface area contributed by atoms with Crippen molar-refractivity contribution in [2.45, 2.75) is 13.0 Å². The van der Waals surface area contributed by atoms with Gasteiger partial charge in [0, 0.05) is 17.6 Å². The molecule has 0 saturated heterocycles. The number of hydrogen-bond acceptors (Lipinski definition) is 5. The molecule has 4 nitrogen and oxygen atoms in total. The Morgan fingerprint density at radius 2 is 2.33 bits per heavy atom. The molecule has 0 N–H and O–H groups in total. The Labute approximate surface area is 139 Å². The molecule has 1 aliphatic heterocycles. The highest BCUT2D eigenvalue weighted by atomic mass is 79.9. The summed E-state index contributed by atoms with van der Waals surface area (Å²) in [5, 5.41) is 0.960. The Bertz CT molecular complexity index is 704. The van der Waals surface area contributed by atoms with Gasteiger partial charge in [0.05, 0.1) is 7.11 Å². The molecule has 0 spiro atoms. The highest BCUT2D eigenvalue weighted by Crippen LogP contribution is 2.34. The quantitative estimate of drug-likeness (QED) is 0.733. The number of esters is 1. The van der Waals surface area contributed by atoms with Crippen LogP contribution in [0.25, 0.3) is 0 Å². The Hall–Kier alpha value is -1.11. The van der Waals surface area contributed by atoms with Crippen LogP contribution in [0.5, 0.6) is 0 Å². The van der Waals surface area contributed by atoms with Crippen LogP contribution in [-0.2, 0) is 17.7 Å². The highest BCUT2D eigenvalue weighted by molar-refractivity contribution is 9.10. The molecule has 7 heteroatoms. The summed E-state index contributed by atoms with van der Waals surface area (Å²) in [6, 6.07) is 6.23. The van der Waals surface area contributed by atoms with E-state index in [1.807, 2.05) is 12.1 Å². The van der Waals surface area contributed by atoms with Gasteiger partial charge < -0.3 is 9.64 Å². The summed E-state index contributed by atoms with van der Waals surface area (Å²) in [5.41, 5.74) is 2.60. The molecule has 1 aromatic heterocycles. The minimum Gasteiger partial charge on any atom is -0.465 e. The molecular weight excluding hydrogens is 376 g/mol. The third-order valence-corrected chi connectivity index (χ3v) is 5.66. The summed E-state index contributed by atoms with van der Waals surface area (Å²) >= 11 is 10.9. The zero-order chi connectivity index (χ0) is 15.0. The van der Waals surface area contributed by atoms with E-state index in [4.69, 9.17) is 16.3 Å². The van der Waals surface area contributed by atoms with E-state index in [-0.39, 0.29) is 5.15 Å². The van der Waals surface area contributed by atoms with Gasteiger partial charge in [0.2, 0.25) is 0 Å². The summed E-state index contributed by atoms with van der Waals surface area (Å²) in [6.07, 6.45) is 0.944. The van der Waals surface area contributed by atoms with Crippen molar-refractivity contribution in [3.05, 3.63) is 43.8 Å². The topological polar surface area (TPSA) is 42.4 Å². The van der Waals surface area contributed by atoms with E-state index < -0.39 is 5.97 Å². The molecule has 0 atom stereocenters. The normalized spacial score (nSPS) is 14.0. The lowest BCUT2D eigenvalue weighted by atomic mass is 10.0. The largest absolute Gasteiger partial charge is 0.465 e. The van der Waals surface area contributed by atoms with Crippen molar-refractivity contribution in [2.24, 2.45) is 0 Å². The van der Waals surface area contributed by atoms with Crippen LogP contribution in [0.15, 0.2) is 22.7 Å². The number of aromatic nitrogens is 1. The lowest BCUT2D eigenvalue weighted by Gasteiger charge is -2.29. The third kappa shape index (κ3) is 2.80. The van der Waals surface area contributed by atoms with Gasteiger partial charge in [-0.3, -0.25) is 0 Å². The minimum atomic E-state index is -0.442. The third-order valence-electron chi connectivity index (χ3n) is 3.43. The summed E-state index contributed by atoms with van der Waals surface area (Å²) in [6.45, 7) is 1.61. The van der Waals surface area contributed by atoms with Crippen molar-refractivity contribution >= 4 is 50.0 Å². The fraction of sp³-hybridized carbons (Fsp3) is 0.286. The SMILES string of the molecule is COC(=O)c1sc(N2CCc3cccc(Br)c3C2)nc1Cl. The zero-order valence-corrected chi connectivity index (χ0v) is 14.4. The molecule has 0 aliphatic carbocycles. The summed E-state index contributed by atoms with van der Waals surface area (Å²) < 4.78 is 5.81. The van der Waals surface area contributed by atoms with Crippen molar-refractivity contribution in [2.75, 3.05) is 18.6 Å². The first-order chi connectivity index (χ1) is 10.1. The van der Waals surface area contributed by atoms with Crippen LogP contribution in [0.3, 0.4) is 0 Å². The number of ether oxygens (including phenoxy) is 1. The predicted octanol–water partition coefficient (Wildman–Crippen LogP) is 3.91. The molecule has 0 saturated carbocycles. The predicted molar refractivity (Wildman–Crippen MR) is 87.4 cm³/mol. The van der Waals surface area contributed by atoms with E-state index in [2.05, 4.69) is 31.9 Å². The van der Waals surface area contributed by atoms with Crippen LogP contribution in [0.2, 0.25) is 5.15 Å². The van der Waals surface area contributed by atoms with Gasteiger partial charge in [-0.1, -0.05) is 51.0 Å². The van der Waals surface area contributed by atoms with Crippen molar-refractivity contribution < 1.29 is 9.53 Å². The van der Waals surface area contributed by atoms with Gasteiger partial charge in [0.15, 0.2) is 15.2 Å². The Morgan fingerprint density at radius 1 is 1.52 bits per heavy atom. The lowest BCUT2D eigenvalue weighted by molar-refractivity contribution is 0.0606. The van der Waals surface area contributed by atoms with Crippen LogP contribution in [-0.4, -0.2) is 24.6 Å². The summed E-state index contributed by atoms with van der Waals surface area (Å²) in [5.74, 6) is -0.442. The molecule has 3 rings (SSSR count). The molecule has 110 valence electrons. The monoisotopic (exact) mass is 386 g/mol. The van der Waals surface area contributed by atoms with Crippen molar-refractivity contribution in [3.8, 4) is 0 Å². The van der Waals surface area contributed by atoms with E-state index in [0.29, 0.717) is 4.88 Å². The molecule has 1 aliphatic rings. The Morgan fingerprint density at radius 3 is 3.10 bits per heavy atom. The van der Waals surface area contributed by atoms with Crippen LogP contribution in [0, 0.1) is 0 Å². The number of fused-ring (bicyclic) bond motifs is 1. The maximum Gasteiger partial charge on any atom is 0.351 e. The first-order valence-electron chi connectivity index (χ1n) is 6.36. The van der Waals surface area contributed by atoms with Gasteiger partial charge in [0.1, 0.15) is 0 Å². The summed E-state index contributed by atoms with van der Waals surface area (Å²) in [7, 11) is 1.34. The number of hydrogen-bond donors (Lipinski definition) is 0. The molecule has 0 amide bonds. The maximum absolute atomic E-state index is 11.6. The molecule has 0 fully saturated rings. The van der Waals surface area contributed by atoms with Crippen LogP contribution < -0.4 is 4.90 Å². The standard InChI is InChI=1S/C14H12BrClN2O2S/c1-20-13(19)11-12(16)17-14(21-11)18-6-5-8-3-2-4-10(15)9(8)7-18/h2-4H,5-7H2,1H3. The van der Waals surface area contributed by atoms with E-state index >= 15 is 0 Å². The number of carbonyl (C=O) groups is 1. The second-order valence-electron chi connectivity index (χ2n) is 4.66. The average molecular weight is 388 g/mol. The van der Waals surface area contributed by atoms with Gasteiger partial charge >= 0.3 is 5.97 Å². The Balaban J connectivity index is 1.90. The average Bonchev–Trinajstić information content (AvgIpc) is 2.88. The lowest BCUT2D eigenvalue weighted by Crippen LogP contribution is -2.30. The molecule has 0 unspecified atom stereocenters. The maximum atomic E-state index is 11.6. The number of benzene rings is 1. The van der Waals surface area contributed by atoms with E-state index in [9.17, 15) is 4.79 Å². The fourth-order valence-electron chi connectivity index (χ4n) is 2.35. The van der Waals surface area contributed by atoms with Crippen LogP contribution in [0.4, 0.5) is 5.13 Å². The molecule has 21 heavy (non-hydrogen) atoms. The smallest absolute Gasteiger partial charge is 0.351 e.